The SMILES string of the molecule is CC1COCC2Nn3ccc(=O)c(O)c3C(=O)N12. The molecule has 1 aromatic rings. The van der Waals surface area contributed by atoms with Crippen LogP contribution in [0.5, 0.6) is 5.75 Å². The van der Waals surface area contributed by atoms with Gasteiger partial charge in [0.25, 0.3) is 5.91 Å². The lowest BCUT2D eigenvalue weighted by molar-refractivity contribution is -0.0310. The molecule has 0 radical (unpaired) electrons. The van der Waals surface area contributed by atoms with Gasteiger partial charge in [0.15, 0.2) is 11.4 Å². The molecule has 18 heavy (non-hydrogen) atoms. The van der Waals surface area contributed by atoms with E-state index in [9.17, 15) is 14.7 Å². The van der Waals surface area contributed by atoms with Crippen molar-refractivity contribution >= 4 is 5.91 Å². The van der Waals surface area contributed by atoms with Gasteiger partial charge >= 0.3 is 0 Å². The van der Waals surface area contributed by atoms with Crippen molar-refractivity contribution in [2.45, 2.75) is 19.1 Å². The highest BCUT2D eigenvalue weighted by atomic mass is 16.5. The van der Waals surface area contributed by atoms with Gasteiger partial charge in [-0.15, -0.1) is 0 Å². The van der Waals surface area contributed by atoms with Crippen molar-refractivity contribution in [3.63, 3.8) is 0 Å². The minimum absolute atomic E-state index is 0.0208. The molecule has 2 atom stereocenters. The second-order valence-corrected chi connectivity index (χ2v) is 4.49. The predicted molar refractivity (Wildman–Crippen MR) is 62.0 cm³/mol. The van der Waals surface area contributed by atoms with Gasteiger partial charge < -0.3 is 20.2 Å². The Morgan fingerprint density at radius 2 is 2.22 bits per heavy atom. The summed E-state index contributed by atoms with van der Waals surface area (Å²) in [5.74, 6) is -0.878. The molecular formula is C11H13N3O4. The van der Waals surface area contributed by atoms with Crippen molar-refractivity contribution in [3.05, 3.63) is 28.2 Å². The van der Waals surface area contributed by atoms with Gasteiger partial charge in [-0.25, -0.2) is 0 Å². The molecule has 1 saturated heterocycles. The number of aromatic nitrogens is 1. The lowest BCUT2D eigenvalue weighted by atomic mass is 10.1. The lowest BCUT2D eigenvalue weighted by Gasteiger charge is -2.44. The zero-order valence-corrected chi connectivity index (χ0v) is 9.79. The summed E-state index contributed by atoms with van der Waals surface area (Å²) in [5, 5.41) is 9.74. The fraction of sp³-hybridized carbons (Fsp3) is 0.455. The maximum absolute atomic E-state index is 12.3. The molecule has 0 saturated carbocycles. The highest BCUT2D eigenvalue weighted by molar-refractivity contribution is 5.96. The van der Waals surface area contributed by atoms with Gasteiger partial charge in [-0.1, -0.05) is 0 Å². The first kappa shape index (κ1) is 11.1. The number of hydrogen-bond donors (Lipinski definition) is 2. The van der Waals surface area contributed by atoms with Crippen LogP contribution in [0.2, 0.25) is 0 Å². The molecular weight excluding hydrogens is 238 g/mol. The average molecular weight is 251 g/mol. The maximum atomic E-state index is 12.3. The first-order chi connectivity index (χ1) is 8.59. The molecule has 3 heterocycles. The van der Waals surface area contributed by atoms with E-state index in [1.165, 1.54) is 16.9 Å². The summed E-state index contributed by atoms with van der Waals surface area (Å²) < 4.78 is 6.75. The molecule has 1 fully saturated rings. The van der Waals surface area contributed by atoms with Crippen molar-refractivity contribution in [3.8, 4) is 5.75 Å². The zero-order valence-electron chi connectivity index (χ0n) is 9.79. The number of pyridine rings is 1. The van der Waals surface area contributed by atoms with Crippen molar-refractivity contribution < 1.29 is 14.6 Å². The number of nitrogens with one attached hydrogen (secondary N) is 1. The maximum Gasteiger partial charge on any atom is 0.278 e. The van der Waals surface area contributed by atoms with E-state index < -0.39 is 11.2 Å². The van der Waals surface area contributed by atoms with Gasteiger partial charge in [0, 0.05) is 12.3 Å². The smallest absolute Gasteiger partial charge is 0.278 e. The number of fused-ring (bicyclic) bond motifs is 2. The van der Waals surface area contributed by atoms with Crippen LogP contribution in [0.25, 0.3) is 0 Å². The topological polar surface area (TPSA) is 83.8 Å². The lowest BCUT2D eigenvalue weighted by Crippen LogP contribution is -2.62. The fourth-order valence-corrected chi connectivity index (χ4v) is 2.38. The van der Waals surface area contributed by atoms with Crippen LogP contribution in [0.3, 0.4) is 0 Å². The van der Waals surface area contributed by atoms with Crippen LogP contribution in [-0.2, 0) is 4.74 Å². The largest absolute Gasteiger partial charge is 0.502 e. The quantitative estimate of drug-likeness (QED) is 0.637. The molecule has 2 N–H and O–H groups in total. The van der Waals surface area contributed by atoms with E-state index in [1.807, 2.05) is 6.92 Å². The third kappa shape index (κ3) is 1.40. The summed E-state index contributed by atoms with van der Waals surface area (Å²) in [6.45, 7) is 2.68. The highest BCUT2D eigenvalue weighted by Gasteiger charge is 2.39. The second-order valence-electron chi connectivity index (χ2n) is 4.49. The molecule has 7 nitrogen and oxygen atoms in total. The minimum Gasteiger partial charge on any atom is -0.502 e. The first-order valence-electron chi connectivity index (χ1n) is 5.71. The Labute approximate surface area is 103 Å². The van der Waals surface area contributed by atoms with E-state index in [2.05, 4.69) is 5.43 Å². The van der Waals surface area contributed by atoms with Crippen LogP contribution in [0, 0.1) is 0 Å². The van der Waals surface area contributed by atoms with E-state index in [-0.39, 0.29) is 23.8 Å². The Morgan fingerprint density at radius 3 is 3.00 bits per heavy atom. The van der Waals surface area contributed by atoms with Crippen LogP contribution in [0.15, 0.2) is 17.1 Å². The Balaban J connectivity index is 2.13. The number of nitrogens with zero attached hydrogens (tertiary/aromatic N) is 2. The summed E-state index contributed by atoms with van der Waals surface area (Å²) in [6, 6.07) is 1.11. The van der Waals surface area contributed by atoms with Crippen LogP contribution in [-0.4, -0.2) is 46.0 Å². The third-order valence-electron chi connectivity index (χ3n) is 3.24. The summed E-state index contributed by atoms with van der Waals surface area (Å²) in [5.41, 5.74) is 2.45. The van der Waals surface area contributed by atoms with E-state index in [0.29, 0.717) is 13.2 Å². The number of carbonyl (C=O) groups excluding carboxylic acids is 1. The summed E-state index contributed by atoms with van der Waals surface area (Å²) in [7, 11) is 0. The van der Waals surface area contributed by atoms with Crippen LogP contribution in [0.1, 0.15) is 17.4 Å². The van der Waals surface area contributed by atoms with Crippen LogP contribution >= 0.6 is 0 Å². The Bertz CT molecular complexity index is 568. The highest BCUT2D eigenvalue weighted by Crippen LogP contribution is 2.24. The number of hydrogen-bond acceptors (Lipinski definition) is 5. The molecule has 3 rings (SSSR count). The molecule has 2 unspecified atom stereocenters. The molecule has 7 heteroatoms. The van der Waals surface area contributed by atoms with Gasteiger partial charge in [-0.3, -0.25) is 14.3 Å². The van der Waals surface area contributed by atoms with Crippen molar-refractivity contribution in [1.82, 2.24) is 9.58 Å². The first-order valence-corrected chi connectivity index (χ1v) is 5.71. The van der Waals surface area contributed by atoms with E-state index >= 15 is 0 Å². The summed E-state index contributed by atoms with van der Waals surface area (Å²) >= 11 is 0. The van der Waals surface area contributed by atoms with Gasteiger partial charge in [0.1, 0.15) is 6.17 Å². The average Bonchev–Trinajstić information content (AvgIpc) is 2.34. The van der Waals surface area contributed by atoms with Crippen LogP contribution < -0.4 is 10.9 Å². The normalized spacial score (nSPS) is 26.3. The second kappa shape index (κ2) is 3.74. The molecule has 1 amide bonds. The van der Waals surface area contributed by atoms with Crippen molar-refractivity contribution in [2.75, 3.05) is 18.6 Å². The molecule has 1 aromatic heterocycles. The van der Waals surface area contributed by atoms with Crippen molar-refractivity contribution in [1.29, 1.82) is 0 Å². The monoisotopic (exact) mass is 251 g/mol. The molecule has 2 aliphatic heterocycles. The minimum atomic E-state index is -0.559. The van der Waals surface area contributed by atoms with Gasteiger partial charge in [0.05, 0.1) is 19.3 Å². The molecule has 0 aliphatic carbocycles. The Kier molecular flexibility index (Phi) is 2.30. The standard InChI is InChI=1S/C11H13N3O4/c1-6-4-18-5-8-12-13-3-2-7(15)10(16)9(13)11(17)14(6)8/h2-3,6,8,12,16H,4-5H2,1H3. The molecule has 96 valence electrons. The Morgan fingerprint density at radius 1 is 1.44 bits per heavy atom. The number of ether oxygens (including phenoxy) is 1. The fourth-order valence-electron chi connectivity index (χ4n) is 2.38. The zero-order chi connectivity index (χ0) is 12.9. The molecule has 0 spiro atoms. The number of amides is 1. The third-order valence-corrected chi connectivity index (χ3v) is 3.24. The number of rotatable bonds is 0. The molecule has 0 aromatic carbocycles. The summed E-state index contributed by atoms with van der Waals surface area (Å²) in [6.07, 6.45) is 1.15. The van der Waals surface area contributed by atoms with Crippen molar-refractivity contribution in [2.24, 2.45) is 0 Å². The number of morpholine rings is 1. The summed E-state index contributed by atoms with van der Waals surface area (Å²) in [4.78, 5) is 25.3. The number of aromatic hydroxyl groups is 1. The Hall–Kier alpha value is -2.02. The molecule has 2 aliphatic rings. The van der Waals surface area contributed by atoms with Gasteiger partial charge in [-0.2, -0.15) is 0 Å². The number of carbonyl (C=O) groups is 1. The van der Waals surface area contributed by atoms with Crippen LogP contribution in [0.4, 0.5) is 0 Å². The van der Waals surface area contributed by atoms with E-state index in [4.69, 9.17) is 4.74 Å². The predicted octanol–water partition coefficient (Wildman–Crippen LogP) is -0.702. The van der Waals surface area contributed by atoms with Gasteiger partial charge in [0.2, 0.25) is 5.43 Å². The van der Waals surface area contributed by atoms with Gasteiger partial charge in [-0.05, 0) is 6.92 Å². The van der Waals surface area contributed by atoms with E-state index in [1.54, 1.807) is 4.90 Å². The van der Waals surface area contributed by atoms with E-state index in [0.717, 1.165) is 0 Å². The molecule has 0 bridgehead atoms.